The third-order valence-electron chi connectivity index (χ3n) is 3.67. The number of benzene rings is 1. The first-order valence-corrected chi connectivity index (χ1v) is 8.96. The number of carbonyl (C=O) groups excluding carboxylic acids is 1. The van der Waals surface area contributed by atoms with E-state index in [1.807, 2.05) is 43.3 Å². The van der Waals surface area contributed by atoms with Crippen LogP contribution in [0.4, 0.5) is 0 Å². The monoisotopic (exact) mass is 357 g/mol. The predicted molar refractivity (Wildman–Crippen MR) is 101 cm³/mol. The number of hydrogen-bond acceptors (Lipinski definition) is 5. The molecular weight excluding hydrogens is 330 g/mol. The Bertz CT molecular complexity index is 704. The molecule has 1 aromatic carbocycles. The van der Waals surface area contributed by atoms with Crippen molar-refractivity contribution in [3.05, 3.63) is 48.2 Å². The Kier molecular flexibility index (Phi) is 7.89. The molecule has 0 aliphatic heterocycles. The van der Waals surface area contributed by atoms with Crippen molar-refractivity contribution in [3.8, 4) is 17.4 Å². The van der Waals surface area contributed by atoms with Crippen LogP contribution in [0.1, 0.15) is 38.7 Å². The van der Waals surface area contributed by atoms with Gasteiger partial charge in [0.05, 0.1) is 6.61 Å². The summed E-state index contributed by atoms with van der Waals surface area (Å²) in [4.78, 5) is 16.2. The molecule has 2 aromatic rings. The van der Waals surface area contributed by atoms with Crippen LogP contribution >= 0.6 is 0 Å². The first-order chi connectivity index (χ1) is 12.6. The van der Waals surface area contributed by atoms with Gasteiger partial charge in [-0.05, 0) is 38.0 Å². The fourth-order valence-electron chi connectivity index (χ4n) is 2.26. The molecule has 140 valence electrons. The highest BCUT2D eigenvalue weighted by Crippen LogP contribution is 2.31. The Balaban J connectivity index is 2.04. The van der Waals surface area contributed by atoms with Crippen LogP contribution in [0.25, 0.3) is 0 Å². The molecule has 1 aromatic heterocycles. The van der Waals surface area contributed by atoms with E-state index in [4.69, 9.17) is 15.2 Å². The average molecular weight is 357 g/mol. The van der Waals surface area contributed by atoms with Crippen LogP contribution in [-0.4, -0.2) is 23.5 Å². The van der Waals surface area contributed by atoms with Crippen molar-refractivity contribution < 1.29 is 14.3 Å². The van der Waals surface area contributed by atoms with Gasteiger partial charge in [-0.15, -0.1) is 0 Å². The van der Waals surface area contributed by atoms with Crippen LogP contribution in [0, 0.1) is 0 Å². The topological polar surface area (TPSA) is 86.5 Å². The van der Waals surface area contributed by atoms with Crippen molar-refractivity contribution in [1.82, 2.24) is 10.3 Å². The zero-order valence-electron chi connectivity index (χ0n) is 15.4. The molecule has 0 radical (unpaired) electrons. The van der Waals surface area contributed by atoms with Gasteiger partial charge in [-0.2, -0.15) is 0 Å². The van der Waals surface area contributed by atoms with Crippen LogP contribution < -0.4 is 20.5 Å². The third kappa shape index (κ3) is 6.37. The molecule has 0 fully saturated rings. The Labute approximate surface area is 154 Å². The van der Waals surface area contributed by atoms with E-state index in [1.165, 1.54) is 0 Å². The summed E-state index contributed by atoms with van der Waals surface area (Å²) in [7, 11) is 0. The Morgan fingerprint density at radius 3 is 2.73 bits per heavy atom. The SMILES string of the molecule is CCCOc1ccccc1Oc1ncccc1CNC(=O)CCC(C)N. The third-order valence-corrected chi connectivity index (χ3v) is 3.67. The normalized spacial score (nSPS) is 11.7. The Morgan fingerprint density at radius 2 is 2.00 bits per heavy atom. The molecule has 2 rings (SSSR count). The number of para-hydroxylation sites is 2. The van der Waals surface area contributed by atoms with Gasteiger partial charge in [0, 0.05) is 30.8 Å². The summed E-state index contributed by atoms with van der Waals surface area (Å²) in [6.45, 7) is 4.90. The van der Waals surface area contributed by atoms with Gasteiger partial charge >= 0.3 is 0 Å². The summed E-state index contributed by atoms with van der Waals surface area (Å²) in [6, 6.07) is 11.2. The van der Waals surface area contributed by atoms with Crippen LogP contribution in [-0.2, 0) is 11.3 Å². The van der Waals surface area contributed by atoms with Crippen molar-refractivity contribution in [3.63, 3.8) is 0 Å². The van der Waals surface area contributed by atoms with Crippen molar-refractivity contribution >= 4 is 5.91 Å². The number of carbonyl (C=O) groups is 1. The van der Waals surface area contributed by atoms with Crippen molar-refractivity contribution in [2.24, 2.45) is 5.73 Å². The van der Waals surface area contributed by atoms with Gasteiger partial charge in [0.1, 0.15) is 0 Å². The van der Waals surface area contributed by atoms with Gasteiger partial charge in [-0.25, -0.2) is 4.98 Å². The lowest BCUT2D eigenvalue weighted by Gasteiger charge is -2.14. The molecule has 0 aliphatic rings. The smallest absolute Gasteiger partial charge is 0.224 e. The Hall–Kier alpha value is -2.60. The van der Waals surface area contributed by atoms with Crippen LogP contribution in [0.3, 0.4) is 0 Å². The number of aromatic nitrogens is 1. The number of ether oxygens (including phenoxy) is 2. The fraction of sp³-hybridized carbons (Fsp3) is 0.400. The highest BCUT2D eigenvalue weighted by molar-refractivity contribution is 5.75. The molecule has 3 N–H and O–H groups in total. The lowest BCUT2D eigenvalue weighted by Crippen LogP contribution is -2.25. The summed E-state index contributed by atoms with van der Waals surface area (Å²) in [6.07, 6.45) is 3.63. The number of rotatable bonds is 10. The lowest BCUT2D eigenvalue weighted by molar-refractivity contribution is -0.121. The summed E-state index contributed by atoms with van der Waals surface area (Å²) < 4.78 is 11.7. The van der Waals surface area contributed by atoms with E-state index in [2.05, 4.69) is 17.2 Å². The standard InChI is InChI=1S/C20H27N3O3/c1-3-13-25-17-8-4-5-9-18(17)26-20-16(7-6-12-22-20)14-23-19(24)11-10-15(2)21/h4-9,12,15H,3,10-11,13-14,21H2,1-2H3,(H,23,24). The molecule has 6 heteroatoms. The number of nitrogens with two attached hydrogens (primary N) is 1. The maximum absolute atomic E-state index is 11.9. The van der Waals surface area contributed by atoms with E-state index in [1.54, 1.807) is 6.20 Å². The molecule has 1 amide bonds. The average Bonchev–Trinajstić information content (AvgIpc) is 2.65. The van der Waals surface area contributed by atoms with E-state index in [0.717, 1.165) is 12.0 Å². The maximum atomic E-state index is 11.9. The largest absolute Gasteiger partial charge is 0.490 e. The number of nitrogens with zero attached hydrogens (tertiary/aromatic N) is 1. The van der Waals surface area contributed by atoms with Crippen molar-refractivity contribution in [2.45, 2.75) is 45.7 Å². The summed E-state index contributed by atoms with van der Waals surface area (Å²) in [5.74, 6) is 1.69. The van der Waals surface area contributed by atoms with Gasteiger partial charge in [-0.1, -0.05) is 25.1 Å². The predicted octanol–water partition coefficient (Wildman–Crippen LogP) is 3.41. The van der Waals surface area contributed by atoms with Gasteiger partial charge in [0.25, 0.3) is 0 Å². The molecule has 0 saturated heterocycles. The molecule has 26 heavy (non-hydrogen) atoms. The van der Waals surface area contributed by atoms with E-state index in [9.17, 15) is 4.79 Å². The van der Waals surface area contributed by atoms with Gasteiger partial charge in [-0.3, -0.25) is 4.79 Å². The molecular formula is C20H27N3O3. The van der Waals surface area contributed by atoms with Gasteiger partial charge < -0.3 is 20.5 Å². The van der Waals surface area contributed by atoms with Gasteiger partial charge in [0.2, 0.25) is 11.8 Å². The lowest BCUT2D eigenvalue weighted by atomic mass is 10.2. The minimum Gasteiger partial charge on any atom is -0.490 e. The van der Waals surface area contributed by atoms with Crippen molar-refractivity contribution in [1.29, 1.82) is 0 Å². The summed E-state index contributed by atoms with van der Waals surface area (Å²) >= 11 is 0. The minimum absolute atomic E-state index is 0.0117. The maximum Gasteiger partial charge on any atom is 0.224 e. The highest BCUT2D eigenvalue weighted by Gasteiger charge is 2.11. The second-order valence-electron chi connectivity index (χ2n) is 6.16. The van der Waals surface area contributed by atoms with Crippen LogP contribution in [0.15, 0.2) is 42.6 Å². The highest BCUT2D eigenvalue weighted by atomic mass is 16.5. The number of pyridine rings is 1. The molecule has 1 heterocycles. The molecule has 6 nitrogen and oxygen atoms in total. The first kappa shape index (κ1) is 19.7. The van der Waals surface area contributed by atoms with E-state index in [-0.39, 0.29) is 11.9 Å². The Morgan fingerprint density at radius 1 is 1.23 bits per heavy atom. The van der Waals surface area contributed by atoms with E-state index < -0.39 is 0 Å². The molecule has 0 aliphatic carbocycles. The number of hydrogen-bond donors (Lipinski definition) is 2. The second kappa shape index (κ2) is 10.4. The second-order valence-corrected chi connectivity index (χ2v) is 6.16. The first-order valence-electron chi connectivity index (χ1n) is 8.96. The molecule has 1 unspecified atom stereocenters. The van der Waals surface area contributed by atoms with Crippen molar-refractivity contribution in [2.75, 3.05) is 6.61 Å². The molecule has 0 saturated carbocycles. The molecule has 0 spiro atoms. The van der Waals surface area contributed by atoms with Gasteiger partial charge in [0.15, 0.2) is 11.5 Å². The quantitative estimate of drug-likeness (QED) is 0.680. The molecule has 0 bridgehead atoms. The minimum atomic E-state index is -0.0382. The number of amides is 1. The van der Waals surface area contributed by atoms with Crippen LogP contribution in [0.2, 0.25) is 0 Å². The molecule has 1 atom stereocenters. The summed E-state index contributed by atoms with van der Waals surface area (Å²) in [5.41, 5.74) is 6.48. The zero-order chi connectivity index (χ0) is 18.8. The number of nitrogens with one attached hydrogen (secondary N) is 1. The van der Waals surface area contributed by atoms with E-state index in [0.29, 0.717) is 43.4 Å². The summed E-state index contributed by atoms with van der Waals surface area (Å²) in [5, 5.41) is 2.88. The van der Waals surface area contributed by atoms with Crippen LogP contribution in [0.5, 0.6) is 17.4 Å². The zero-order valence-corrected chi connectivity index (χ0v) is 15.4. The fourth-order valence-corrected chi connectivity index (χ4v) is 2.26. The van der Waals surface area contributed by atoms with E-state index >= 15 is 0 Å².